The van der Waals surface area contributed by atoms with E-state index in [0.717, 1.165) is 54.9 Å². The average Bonchev–Trinajstić information content (AvgIpc) is 3.42. The molecular formula is C30H36N4O2S. The second-order valence-corrected chi connectivity index (χ2v) is 11.2. The van der Waals surface area contributed by atoms with Crippen LogP contribution >= 0.6 is 11.3 Å². The molecule has 0 spiro atoms. The number of benzene rings is 2. The Morgan fingerprint density at radius 3 is 2.57 bits per heavy atom. The Bertz CT molecular complexity index is 1180. The van der Waals surface area contributed by atoms with Crippen LogP contribution in [0, 0.1) is 0 Å². The van der Waals surface area contributed by atoms with E-state index in [1.807, 2.05) is 57.8 Å². The van der Waals surface area contributed by atoms with Crippen LogP contribution in [0.2, 0.25) is 0 Å². The first-order valence-corrected chi connectivity index (χ1v) is 14.3. The molecular weight excluding hydrogens is 480 g/mol. The fraction of sp³-hybridized carbons (Fsp3) is 0.433. The topological polar surface area (TPSA) is 56.8 Å². The van der Waals surface area contributed by atoms with Gasteiger partial charge >= 0.3 is 0 Å². The van der Waals surface area contributed by atoms with Gasteiger partial charge in [-0.1, -0.05) is 55.0 Å². The molecule has 3 aromatic rings. The van der Waals surface area contributed by atoms with E-state index >= 15 is 0 Å². The lowest BCUT2D eigenvalue weighted by Gasteiger charge is -2.43. The van der Waals surface area contributed by atoms with Crippen molar-refractivity contribution in [3.63, 3.8) is 0 Å². The summed E-state index contributed by atoms with van der Waals surface area (Å²) in [4.78, 5) is 37.7. The third kappa shape index (κ3) is 6.28. The van der Waals surface area contributed by atoms with Crippen molar-refractivity contribution in [3.8, 4) is 0 Å². The van der Waals surface area contributed by atoms with Crippen molar-refractivity contribution in [2.75, 3.05) is 18.0 Å². The Kier molecular flexibility index (Phi) is 8.31. The van der Waals surface area contributed by atoms with Crippen LogP contribution < -0.4 is 4.90 Å². The van der Waals surface area contributed by atoms with Crippen molar-refractivity contribution in [1.29, 1.82) is 0 Å². The van der Waals surface area contributed by atoms with Gasteiger partial charge in [0.2, 0.25) is 11.8 Å². The molecule has 2 amide bonds. The lowest BCUT2D eigenvalue weighted by atomic mass is 9.92. The number of aryl methyl sites for hydroxylation is 1. The Balaban J connectivity index is 1.47. The molecule has 5 rings (SSSR count). The highest BCUT2D eigenvalue weighted by Gasteiger charge is 2.34. The minimum atomic E-state index is 0.0486. The molecule has 2 atom stereocenters. The standard InChI is InChI=1S/C30H36N4O2S/c1-23(35)33-18-16-26-11-7-12-27(34(26)22-29-31-17-19-37-29)21-32(20-25-10-5-6-13-28(25)33)30(36)15-14-24-8-3-2-4-9-24/h2-6,8-10,13,17,19,26-27H,7,11-12,14-16,18,20-22H2,1H3. The van der Waals surface area contributed by atoms with Gasteiger partial charge in [0.15, 0.2) is 0 Å². The molecule has 2 unspecified atom stereocenters. The number of nitrogens with zero attached hydrogens (tertiary/aromatic N) is 4. The highest BCUT2D eigenvalue weighted by atomic mass is 32.1. The minimum Gasteiger partial charge on any atom is -0.337 e. The van der Waals surface area contributed by atoms with Crippen molar-refractivity contribution in [3.05, 3.63) is 82.3 Å². The number of anilines is 1. The number of piperidine rings is 1. The van der Waals surface area contributed by atoms with Gasteiger partial charge in [-0.25, -0.2) is 4.98 Å². The van der Waals surface area contributed by atoms with E-state index in [0.29, 0.717) is 32.1 Å². The van der Waals surface area contributed by atoms with Gasteiger partial charge in [0.25, 0.3) is 0 Å². The van der Waals surface area contributed by atoms with Crippen molar-refractivity contribution in [2.45, 2.75) is 70.6 Å². The van der Waals surface area contributed by atoms with Gasteiger partial charge in [0.1, 0.15) is 5.01 Å². The van der Waals surface area contributed by atoms with Crippen LogP contribution in [-0.4, -0.2) is 51.8 Å². The van der Waals surface area contributed by atoms with Gasteiger partial charge in [-0.15, -0.1) is 11.3 Å². The number of thiazole rings is 1. The molecule has 0 N–H and O–H groups in total. The summed E-state index contributed by atoms with van der Waals surface area (Å²) in [6.45, 7) is 4.34. The molecule has 2 bridgehead atoms. The van der Waals surface area contributed by atoms with Crippen molar-refractivity contribution >= 4 is 28.8 Å². The summed E-state index contributed by atoms with van der Waals surface area (Å²) in [6, 6.07) is 19.0. The van der Waals surface area contributed by atoms with Crippen LogP contribution in [0.1, 0.15) is 55.2 Å². The Hall–Kier alpha value is -3.03. The zero-order valence-corrected chi connectivity index (χ0v) is 22.4. The van der Waals surface area contributed by atoms with Gasteiger partial charge in [0, 0.05) is 62.3 Å². The van der Waals surface area contributed by atoms with E-state index in [1.54, 1.807) is 18.3 Å². The normalized spacial score (nSPS) is 20.7. The zero-order chi connectivity index (χ0) is 25.6. The number of aromatic nitrogens is 1. The van der Waals surface area contributed by atoms with Crippen LogP contribution in [0.4, 0.5) is 5.69 Å². The van der Waals surface area contributed by atoms with Gasteiger partial charge in [-0.3, -0.25) is 14.5 Å². The largest absolute Gasteiger partial charge is 0.337 e. The van der Waals surface area contributed by atoms with Gasteiger partial charge < -0.3 is 9.80 Å². The van der Waals surface area contributed by atoms with Crippen LogP contribution in [0.3, 0.4) is 0 Å². The van der Waals surface area contributed by atoms with E-state index < -0.39 is 0 Å². The summed E-state index contributed by atoms with van der Waals surface area (Å²) in [5.74, 6) is 0.219. The lowest BCUT2D eigenvalue weighted by molar-refractivity contribution is -0.133. The van der Waals surface area contributed by atoms with E-state index in [4.69, 9.17) is 0 Å². The summed E-state index contributed by atoms with van der Waals surface area (Å²) in [5, 5.41) is 3.14. The second-order valence-electron chi connectivity index (χ2n) is 10.2. The quantitative estimate of drug-likeness (QED) is 0.463. The number of hydrogen-bond acceptors (Lipinski definition) is 5. The minimum absolute atomic E-state index is 0.0486. The van der Waals surface area contributed by atoms with Gasteiger partial charge in [0.05, 0.1) is 6.54 Å². The molecule has 194 valence electrons. The molecule has 2 aliphatic rings. The first-order chi connectivity index (χ1) is 18.1. The van der Waals surface area contributed by atoms with E-state index in [9.17, 15) is 9.59 Å². The predicted octanol–water partition coefficient (Wildman–Crippen LogP) is 5.28. The highest BCUT2D eigenvalue weighted by molar-refractivity contribution is 7.09. The number of amides is 2. The number of rotatable bonds is 5. The molecule has 0 radical (unpaired) electrons. The molecule has 7 heteroatoms. The second kappa shape index (κ2) is 12.0. The summed E-state index contributed by atoms with van der Waals surface area (Å²) in [7, 11) is 0. The molecule has 1 saturated heterocycles. The van der Waals surface area contributed by atoms with Crippen molar-refractivity contribution in [1.82, 2.24) is 14.8 Å². The van der Waals surface area contributed by atoms with E-state index in [1.165, 1.54) is 5.56 Å². The van der Waals surface area contributed by atoms with E-state index in [2.05, 4.69) is 28.1 Å². The Morgan fingerprint density at radius 2 is 1.78 bits per heavy atom. The monoisotopic (exact) mass is 516 g/mol. The van der Waals surface area contributed by atoms with Crippen molar-refractivity contribution in [2.24, 2.45) is 0 Å². The maximum absolute atomic E-state index is 13.7. The first-order valence-electron chi connectivity index (χ1n) is 13.4. The molecule has 3 heterocycles. The fourth-order valence-electron chi connectivity index (χ4n) is 5.87. The zero-order valence-electron chi connectivity index (χ0n) is 21.6. The van der Waals surface area contributed by atoms with Crippen LogP contribution in [0.15, 0.2) is 66.2 Å². The van der Waals surface area contributed by atoms with E-state index in [-0.39, 0.29) is 17.9 Å². The number of fused-ring (bicyclic) bond motifs is 3. The third-order valence-corrected chi connectivity index (χ3v) is 8.54. The Labute approximate surface area is 223 Å². The molecule has 2 aromatic carbocycles. The maximum atomic E-state index is 13.7. The predicted molar refractivity (Wildman–Crippen MR) is 148 cm³/mol. The summed E-state index contributed by atoms with van der Waals surface area (Å²) < 4.78 is 0. The third-order valence-electron chi connectivity index (χ3n) is 7.78. The number of hydrogen-bond donors (Lipinski definition) is 0. The van der Waals surface area contributed by atoms with Crippen LogP contribution in [0.25, 0.3) is 0 Å². The molecule has 0 saturated carbocycles. The Morgan fingerprint density at radius 1 is 1.00 bits per heavy atom. The molecule has 2 aliphatic heterocycles. The summed E-state index contributed by atoms with van der Waals surface area (Å²) >= 11 is 1.69. The highest BCUT2D eigenvalue weighted by Crippen LogP contribution is 2.32. The van der Waals surface area contributed by atoms with Gasteiger partial charge in [-0.2, -0.15) is 0 Å². The first kappa shape index (κ1) is 25.6. The summed E-state index contributed by atoms with van der Waals surface area (Å²) in [6.07, 6.45) is 7.31. The maximum Gasteiger partial charge on any atom is 0.223 e. The molecule has 6 nitrogen and oxygen atoms in total. The van der Waals surface area contributed by atoms with Crippen LogP contribution in [-0.2, 0) is 29.1 Å². The molecule has 37 heavy (non-hydrogen) atoms. The molecule has 0 aliphatic carbocycles. The number of carbonyl (C=O) groups excluding carboxylic acids is 2. The van der Waals surface area contributed by atoms with Crippen LogP contribution in [0.5, 0.6) is 0 Å². The lowest BCUT2D eigenvalue weighted by Crippen LogP contribution is -2.52. The number of carbonyl (C=O) groups is 2. The number of para-hydroxylation sites is 1. The molecule has 1 aromatic heterocycles. The van der Waals surface area contributed by atoms with Crippen molar-refractivity contribution < 1.29 is 9.59 Å². The smallest absolute Gasteiger partial charge is 0.223 e. The van der Waals surface area contributed by atoms with Gasteiger partial charge in [-0.05, 0) is 42.9 Å². The average molecular weight is 517 g/mol. The molecule has 1 fully saturated rings. The summed E-state index contributed by atoms with van der Waals surface area (Å²) in [5.41, 5.74) is 3.15. The SMILES string of the molecule is CC(=O)N1CCC2CCCC(CN(C(=O)CCc3ccccc3)Cc3ccccc31)N2Cc1nccs1. The fourth-order valence-corrected chi connectivity index (χ4v) is 6.50.